The number of carbonyl (C=O) groups excluding carboxylic acids is 4. The largest absolute Gasteiger partial charge is 0.354 e. The van der Waals surface area contributed by atoms with Crippen LogP contribution in [0.4, 0.5) is 22.7 Å². The second-order valence-corrected chi connectivity index (χ2v) is 36.0. The number of nitrogens with one attached hydrogen (secondary N) is 10. The predicted octanol–water partition coefficient (Wildman–Crippen LogP) is 18.5. The van der Waals surface area contributed by atoms with Gasteiger partial charge in [-0.15, -0.1) is 0 Å². The Bertz CT molecular complexity index is 4320. The van der Waals surface area contributed by atoms with Crippen LogP contribution in [0.25, 0.3) is 90.9 Å². The fourth-order valence-corrected chi connectivity index (χ4v) is 14.2. The number of hydrogen-bond acceptors (Lipinski definition) is 10. The predicted molar refractivity (Wildman–Crippen MR) is 410 cm³/mol. The molecule has 4 aliphatic carbocycles. The molecule has 0 spiro atoms. The van der Waals surface area contributed by atoms with Crippen molar-refractivity contribution in [2.45, 2.75) is 186 Å². The van der Waals surface area contributed by atoms with E-state index in [2.05, 4.69) is 277 Å². The zero-order valence-corrected chi connectivity index (χ0v) is 62.2. The number of nitrogens with zero attached hydrogens (tertiary/aromatic N) is 2. The maximum absolute atomic E-state index is 14.1. The molecule has 3 aromatic heterocycles. The van der Waals surface area contributed by atoms with E-state index in [9.17, 15) is 19.2 Å². The van der Waals surface area contributed by atoms with E-state index in [0.717, 1.165) is 81.2 Å². The highest BCUT2D eigenvalue weighted by Gasteiger charge is 2.53. The summed E-state index contributed by atoms with van der Waals surface area (Å²) in [6, 6.07) is 33.8. The summed E-state index contributed by atoms with van der Waals surface area (Å²) in [6.45, 7) is 43.8. The molecule has 7 aromatic rings. The SMILES string of the molecule is CC(C)(C)c1cc(-c2c3nc(c(-c4c(NNC(=O)[C@H]5CC5(C)C)cccc4NNC(=O)[C@H]4CC4(C)C)c4ccc([nH]4)c(-c4cc(C(C)(C)C)cc(C(C)(C)C)c4)c4nc(c(-c5c(NNC(=O)[C@H]6CC6(C)C)cccc5NNC(=O)[C@H]5CC5(C)C)c5ccc2[nH]5)C=C4)C=C3)cc(C(C)(C)C)c1. The molecule has 10 N–H and O–H groups in total. The molecule has 4 fully saturated rings. The number of amides is 4. The Balaban J connectivity index is 1.16. The minimum Gasteiger partial charge on any atom is -0.354 e. The molecule has 6 aliphatic rings. The van der Waals surface area contributed by atoms with Crippen LogP contribution in [0.1, 0.15) is 209 Å². The quantitative estimate of drug-likeness (QED) is 0.0412. The standard InChI is InChI=1S/C84H102N12O4/c1-77(2,3)47-35-45(36-48(39-47)78(4,5)6)67-55-27-31-59(85-55)69(71-63(89-93-73(97)51-41-81(51,13)14)23-21-24-64(71)90-94-74(98)52-42-82(52,15)16)61-33-29-57(87-61)68(46-37-49(79(7,8)9)40-50(38-46)80(10,11)12)58-30-34-62(88-58)70(60-32-28-56(67)86-60)72-65(91-95-75(99)53-43-83(53,17)18)25-22-26-66(72)92-96-76(100)54-44-84(54,19)20/h21-40,51-54,85,88-92H,41-44H2,1-20H3,(H,93,97)(H,94,98)(H,95,99)(H,96,100)/t51-,52-,53-,54-/m1/s1. The average molecular weight is 1340 g/mol. The number of hydrogen-bond donors (Lipinski definition) is 10. The first-order chi connectivity index (χ1) is 46.7. The van der Waals surface area contributed by atoms with Gasteiger partial charge in [0.05, 0.1) is 45.5 Å². The lowest BCUT2D eigenvalue weighted by Gasteiger charge is -2.26. The van der Waals surface area contributed by atoms with Gasteiger partial charge in [0.1, 0.15) is 0 Å². The second kappa shape index (κ2) is 24.1. The molecule has 4 atom stereocenters. The topological polar surface area (TPSA) is 222 Å². The summed E-state index contributed by atoms with van der Waals surface area (Å²) in [5.74, 6) is -1.10. The number of fused-ring (bicyclic) bond motifs is 8. The van der Waals surface area contributed by atoms with Crippen LogP contribution in [-0.2, 0) is 40.8 Å². The normalized spacial score (nSPS) is 19.6. The zero-order valence-electron chi connectivity index (χ0n) is 62.2. The van der Waals surface area contributed by atoms with E-state index in [4.69, 9.17) is 9.97 Å². The highest BCUT2D eigenvalue weighted by atomic mass is 16.2. The number of benzene rings is 4. The van der Waals surface area contributed by atoms with Gasteiger partial charge in [0, 0.05) is 79.1 Å². The Hall–Kier alpha value is -9.44. The number of aromatic nitrogens is 4. The molecule has 0 unspecified atom stereocenters. The highest BCUT2D eigenvalue weighted by Crippen LogP contribution is 2.55. The second-order valence-electron chi connectivity index (χ2n) is 36.0. The maximum Gasteiger partial charge on any atom is 0.241 e. The summed E-state index contributed by atoms with van der Waals surface area (Å²) in [4.78, 5) is 76.0. The van der Waals surface area contributed by atoms with E-state index in [-0.39, 0.29) is 90.6 Å². The molecule has 2 aliphatic heterocycles. The van der Waals surface area contributed by atoms with Gasteiger partial charge >= 0.3 is 0 Å². The van der Waals surface area contributed by atoms with Gasteiger partial charge in [-0.05, 0) is 175 Å². The molecule has 100 heavy (non-hydrogen) atoms. The average Bonchev–Trinajstić information content (AvgIpc) is 1.58. The van der Waals surface area contributed by atoms with E-state index in [1.165, 1.54) is 0 Å². The van der Waals surface area contributed by atoms with Gasteiger partial charge in [0.2, 0.25) is 23.6 Å². The van der Waals surface area contributed by atoms with Crippen LogP contribution in [0.2, 0.25) is 0 Å². The summed E-state index contributed by atoms with van der Waals surface area (Å²) in [7, 11) is 0. The van der Waals surface area contributed by atoms with Crippen LogP contribution in [0.15, 0.2) is 97.1 Å². The number of aromatic amines is 2. The van der Waals surface area contributed by atoms with Crippen LogP contribution >= 0.6 is 0 Å². The Morgan fingerprint density at radius 1 is 0.340 bits per heavy atom. The summed E-state index contributed by atoms with van der Waals surface area (Å²) >= 11 is 0. The van der Waals surface area contributed by atoms with Crippen molar-refractivity contribution in [3.8, 4) is 44.5 Å². The summed E-state index contributed by atoms with van der Waals surface area (Å²) in [5.41, 5.74) is 43.1. The van der Waals surface area contributed by atoms with Crippen LogP contribution in [0.3, 0.4) is 0 Å². The van der Waals surface area contributed by atoms with Crippen LogP contribution < -0.4 is 43.4 Å². The number of anilines is 4. The lowest BCUT2D eigenvalue weighted by atomic mass is 9.78. The molecule has 8 bridgehead atoms. The zero-order chi connectivity index (χ0) is 71.9. The van der Waals surface area contributed by atoms with Gasteiger partial charge in [0.25, 0.3) is 0 Å². The van der Waals surface area contributed by atoms with E-state index in [1.807, 2.05) is 36.4 Å². The van der Waals surface area contributed by atoms with E-state index < -0.39 is 0 Å². The van der Waals surface area contributed by atoms with Crippen molar-refractivity contribution in [1.82, 2.24) is 41.6 Å². The third-order valence-corrected chi connectivity index (χ3v) is 21.9. The first kappa shape index (κ1) is 69.1. The molecule has 522 valence electrons. The van der Waals surface area contributed by atoms with Crippen LogP contribution in [0, 0.1) is 45.3 Å². The van der Waals surface area contributed by atoms with Crippen LogP contribution in [0.5, 0.6) is 0 Å². The minimum atomic E-state index is -0.252. The molecule has 0 radical (unpaired) electrons. The Morgan fingerprint density at radius 3 is 0.780 bits per heavy atom. The van der Waals surface area contributed by atoms with Gasteiger partial charge in [-0.25, -0.2) is 9.97 Å². The highest BCUT2D eigenvalue weighted by molar-refractivity contribution is 6.06. The van der Waals surface area contributed by atoms with Crippen molar-refractivity contribution in [2.24, 2.45) is 45.3 Å². The first-order valence-corrected chi connectivity index (χ1v) is 35.7. The third-order valence-electron chi connectivity index (χ3n) is 21.9. The van der Waals surface area contributed by atoms with Crippen molar-refractivity contribution < 1.29 is 19.2 Å². The Kier molecular flexibility index (Phi) is 16.7. The molecule has 4 aromatic carbocycles. The number of hydrazine groups is 4. The molecule has 13 rings (SSSR count). The third kappa shape index (κ3) is 13.7. The first-order valence-electron chi connectivity index (χ1n) is 35.7. The van der Waals surface area contributed by atoms with E-state index in [0.29, 0.717) is 78.8 Å². The monoisotopic (exact) mass is 1340 g/mol. The molecule has 0 saturated heterocycles. The maximum atomic E-state index is 14.1. The van der Waals surface area contributed by atoms with Gasteiger partial charge in [-0.1, -0.05) is 187 Å². The Morgan fingerprint density at radius 2 is 0.560 bits per heavy atom. The fourth-order valence-electron chi connectivity index (χ4n) is 14.2. The Labute approximate surface area is 590 Å². The van der Waals surface area contributed by atoms with E-state index >= 15 is 0 Å². The molecule has 4 amide bonds. The minimum absolute atomic E-state index is 0.108. The van der Waals surface area contributed by atoms with Crippen molar-refractivity contribution >= 4 is 92.7 Å². The van der Waals surface area contributed by atoms with Crippen molar-refractivity contribution in [2.75, 3.05) is 21.7 Å². The molecule has 16 heteroatoms. The molecular formula is C84H102N12O4. The lowest BCUT2D eigenvalue weighted by molar-refractivity contribution is -0.123. The molecule has 16 nitrogen and oxygen atoms in total. The smallest absolute Gasteiger partial charge is 0.241 e. The fraction of sp³-hybridized carbons (Fsp3) is 0.429. The molecular weight excluding hydrogens is 1240 g/mol. The summed E-state index contributed by atoms with van der Waals surface area (Å²) in [6.07, 6.45) is 11.4. The number of rotatable bonds is 16. The molecule has 5 heterocycles. The van der Waals surface area contributed by atoms with Crippen molar-refractivity contribution in [3.05, 3.63) is 142 Å². The lowest BCUT2D eigenvalue weighted by Crippen LogP contribution is -2.33. The van der Waals surface area contributed by atoms with Gasteiger partial charge in [0.15, 0.2) is 0 Å². The van der Waals surface area contributed by atoms with Crippen molar-refractivity contribution in [3.63, 3.8) is 0 Å². The van der Waals surface area contributed by atoms with Crippen molar-refractivity contribution in [1.29, 1.82) is 0 Å². The van der Waals surface area contributed by atoms with E-state index in [1.54, 1.807) is 0 Å². The van der Waals surface area contributed by atoms with Gasteiger partial charge < -0.3 is 9.97 Å². The summed E-state index contributed by atoms with van der Waals surface area (Å²) < 4.78 is 0. The van der Waals surface area contributed by atoms with Gasteiger partial charge in [-0.3, -0.25) is 62.6 Å². The van der Waals surface area contributed by atoms with Gasteiger partial charge in [-0.2, -0.15) is 0 Å². The van der Waals surface area contributed by atoms with Crippen LogP contribution in [-0.4, -0.2) is 43.6 Å². The number of carbonyl (C=O) groups is 4. The summed E-state index contributed by atoms with van der Waals surface area (Å²) in [5, 5.41) is 0. The number of H-pyrrole nitrogens is 2. The molecule has 4 saturated carbocycles.